The number of nitrogens with zero attached hydrogens (tertiary/aromatic N) is 3. The van der Waals surface area contributed by atoms with Gasteiger partial charge in [-0.15, -0.1) is 0 Å². The molecule has 0 bridgehead atoms. The van der Waals surface area contributed by atoms with Gasteiger partial charge in [0.2, 0.25) is 5.91 Å². The molecule has 0 atom stereocenters. The van der Waals surface area contributed by atoms with Crippen LogP contribution in [-0.4, -0.2) is 30.7 Å². The highest BCUT2D eigenvalue weighted by Gasteiger charge is 2.23. The van der Waals surface area contributed by atoms with Crippen LogP contribution in [-0.2, 0) is 21.2 Å². The molecule has 2 aromatic carbocycles. The number of carbonyl (C=O) groups excluding carboxylic acids is 1. The second-order valence-corrected chi connectivity index (χ2v) is 8.35. The normalized spacial score (nSPS) is 13.8. The molecule has 0 radical (unpaired) electrons. The molecule has 1 amide bonds. The highest BCUT2D eigenvalue weighted by molar-refractivity contribution is 7.92. The Morgan fingerprint density at radius 2 is 2.00 bits per heavy atom. The average Bonchev–Trinajstić information content (AvgIpc) is 3.21. The third-order valence-corrected chi connectivity index (χ3v) is 6.11. The fourth-order valence-electron chi connectivity index (χ4n) is 3.42. The number of fused-ring (bicyclic) bond motifs is 1. The number of nitrogens with one attached hydrogen (secondary N) is 1. The van der Waals surface area contributed by atoms with E-state index in [-0.39, 0.29) is 10.8 Å². The predicted octanol–water partition coefficient (Wildman–Crippen LogP) is 2.97. The molecule has 7 nitrogen and oxygen atoms in total. The first-order valence-corrected chi connectivity index (χ1v) is 10.5. The van der Waals surface area contributed by atoms with Crippen molar-refractivity contribution in [3.63, 3.8) is 0 Å². The summed E-state index contributed by atoms with van der Waals surface area (Å²) in [6.07, 6.45) is 5.01. The van der Waals surface area contributed by atoms with E-state index >= 15 is 0 Å². The smallest absolute Gasteiger partial charge is 0.261 e. The first kappa shape index (κ1) is 18.2. The van der Waals surface area contributed by atoms with Crippen molar-refractivity contribution in [1.29, 1.82) is 0 Å². The zero-order chi connectivity index (χ0) is 19.7. The van der Waals surface area contributed by atoms with Gasteiger partial charge in [0.25, 0.3) is 10.0 Å². The van der Waals surface area contributed by atoms with Crippen molar-refractivity contribution in [2.75, 3.05) is 16.2 Å². The summed E-state index contributed by atoms with van der Waals surface area (Å²) in [4.78, 5) is 13.7. The Bertz CT molecular complexity index is 1120. The molecule has 0 unspecified atom stereocenters. The summed E-state index contributed by atoms with van der Waals surface area (Å²) in [5, 5.41) is 4.16. The van der Waals surface area contributed by atoms with E-state index in [4.69, 9.17) is 0 Å². The maximum atomic E-state index is 12.9. The van der Waals surface area contributed by atoms with E-state index in [2.05, 4.69) is 9.82 Å². The van der Waals surface area contributed by atoms with Crippen molar-refractivity contribution in [3.8, 4) is 5.69 Å². The predicted molar refractivity (Wildman–Crippen MR) is 107 cm³/mol. The van der Waals surface area contributed by atoms with Crippen LogP contribution < -0.4 is 9.62 Å². The lowest BCUT2D eigenvalue weighted by atomic mass is 10.0. The van der Waals surface area contributed by atoms with Gasteiger partial charge in [0.1, 0.15) is 0 Å². The summed E-state index contributed by atoms with van der Waals surface area (Å²) in [6, 6.07) is 13.7. The number of benzene rings is 2. The molecule has 8 heteroatoms. The van der Waals surface area contributed by atoms with Crippen molar-refractivity contribution in [2.45, 2.75) is 24.7 Å². The first-order valence-electron chi connectivity index (χ1n) is 8.98. The molecule has 3 aromatic rings. The molecule has 0 spiro atoms. The van der Waals surface area contributed by atoms with Crippen molar-refractivity contribution < 1.29 is 13.2 Å². The average molecular weight is 396 g/mol. The summed E-state index contributed by atoms with van der Waals surface area (Å²) in [6.45, 7) is 2.18. The second kappa shape index (κ2) is 7.12. The van der Waals surface area contributed by atoms with Crippen LogP contribution >= 0.6 is 0 Å². The molecule has 0 saturated heterocycles. The standard InChI is InChI=1S/C20H20N4O3S/c1-15(25)23-11-3-5-16-13-19(8-9-20(16)23)28(26,27)22-17-6-2-7-18(14-17)24-12-4-10-21-24/h2,4,6-10,12-14,22H,3,5,11H2,1H3. The molecule has 1 aromatic heterocycles. The van der Waals surface area contributed by atoms with Gasteiger partial charge in [0.05, 0.1) is 16.3 Å². The zero-order valence-electron chi connectivity index (χ0n) is 15.4. The van der Waals surface area contributed by atoms with Gasteiger partial charge in [0, 0.05) is 31.5 Å². The largest absolute Gasteiger partial charge is 0.312 e. The molecule has 0 fully saturated rings. The Hall–Kier alpha value is -3.13. The van der Waals surface area contributed by atoms with E-state index in [0.29, 0.717) is 12.2 Å². The first-order chi connectivity index (χ1) is 13.4. The van der Waals surface area contributed by atoms with Crippen LogP contribution in [0.1, 0.15) is 18.9 Å². The monoisotopic (exact) mass is 396 g/mol. The topological polar surface area (TPSA) is 84.3 Å². The SMILES string of the molecule is CC(=O)N1CCCc2cc(S(=O)(=O)Nc3cccc(-n4cccn4)c3)ccc21. The van der Waals surface area contributed by atoms with Crippen molar-refractivity contribution >= 4 is 27.3 Å². The quantitative estimate of drug-likeness (QED) is 0.735. The van der Waals surface area contributed by atoms with E-state index in [1.165, 1.54) is 6.92 Å². The number of aryl methyl sites for hydroxylation is 1. The lowest BCUT2D eigenvalue weighted by molar-refractivity contribution is -0.116. The van der Waals surface area contributed by atoms with E-state index in [0.717, 1.165) is 29.8 Å². The number of rotatable bonds is 4. The van der Waals surface area contributed by atoms with E-state index in [1.807, 2.05) is 6.07 Å². The van der Waals surface area contributed by atoms with Gasteiger partial charge in [-0.3, -0.25) is 9.52 Å². The Morgan fingerprint density at radius 1 is 1.14 bits per heavy atom. The Labute approximate surface area is 163 Å². The Balaban J connectivity index is 1.63. The lowest BCUT2D eigenvalue weighted by Gasteiger charge is -2.28. The highest BCUT2D eigenvalue weighted by Crippen LogP contribution is 2.30. The lowest BCUT2D eigenvalue weighted by Crippen LogP contribution is -2.33. The summed E-state index contributed by atoms with van der Waals surface area (Å²) in [7, 11) is -3.75. The number of amides is 1. The molecule has 1 aliphatic heterocycles. The summed E-state index contributed by atoms with van der Waals surface area (Å²) >= 11 is 0. The minimum absolute atomic E-state index is 0.0369. The number of hydrogen-bond acceptors (Lipinski definition) is 4. The molecule has 4 rings (SSSR count). The van der Waals surface area contributed by atoms with Crippen LogP contribution in [0.3, 0.4) is 0 Å². The third-order valence-electron chi connectivity index (χ3n) is 4.73. The Kier molecular flexibility index (Phi) is 4.64. The van der Waals surface area contributed by atoms with E-state index in [9.17, 15) is 13.2 Å². The fourth-order valence-corrected chi connectivity index (χ4v) is 4.51. The van der Waals surface area contributed by atoms with E-state index < -0.39 is 10.0 Å². The molecule has 28 heavy (non-hydrogen) atoms. The van der Waals surface area contributed by atoms with Gasteiger partial charge in [-0.05, 0) is 60.9 Å². The minimum Gasteiger partial charge on any atom is -0.312 e. The number of hydrogen-bond donors (Lipinski definition) is 1. The number of carbonyl (C=O) groups is 1. The summed E-state index contributed by atoms with van der Waals surface area (Å²) in [5.41, 5.74) is 2.87. The van der Waals surface area contributed by atoms with Crippen molar-refractivity contribution in [1.82, 2.24) is 9.78 Å². The fraction of sp³-hybridized carbons (Fsp3) is 0.200. The van der Waals surface area contributed by atoms with E-state index in [1.54, 1.807) is 64.4 Å². The Morgan fingerprint density at radius 3 is 2.75 bits per heavy atom. The second-order valence-electron chi connectivity index (χ2n) is 6.67. The van der Waals surface area contributed by atoms with Crippen LogP contribution in [0.2, 0.25) is 0 Å². The zero-order valence-corrected chi connectivity index (χ0v) is 16.2. The third kappa shape index (κ3) is 3.50. The molecule has 2 heterocycles. The van der Waals surface area contributed by atoms with Crippen molar-refractivity contribution in [3.05, 3.63) is 66.5 Å². The summed E-state index contributed by atoms with van der Waals surface area (Å²) < 4.78 is 30.1. The van der Waals surface area contributed by atoms with Gasteiger partial charge >= 0.3 is 0 Å². The minimum atomic E-state index is -3.75. The molecule has 0 aliphatic carbocycles. The number of anilines is 2. The van der Waals surface area contributed by atoms with Crippen LogP contribution in [0, 0.1) is 0 Å². The van der Waals surface area contributed by atoms with Crippen LogP contribution in [0.25, 0.3) is 5.69 Å². The maximum Gasteiger partial charge on any atom is 0.261 e. The molecule has 1 N–H and O–H groups in total. The molecular formula is C20H20N4O3S. The maximum absolute atomic E-state index is 12.9. The molecule has 1 aliphatic rings. The number of sulfonamides is 1. The molecular weight excluding hydrogens is 376 g/mol. The van der Waals surface area contributed by atoms with Gasteiger partial charge in [-0.1, -0.05) is 6.07 Å². The van der Waals surface area contributed by atoms with Crippen molar-refractivity contribution in [2.24, 2.45) is 0 Å². The molecule has 144 valence electrons. The van der Waals surface area contributed by atoms with Gasteiger partial charge < -0.3 is 4.90 Å². The van der Waals surface area contributed by atoms with Crippen LogP contribution in [0.15, 0.2) is 65.8 Å². The molecule has 0 saturated carbocycles. The van der Waals surface area contributed by atoms with Crippen LogP contribution in [0.5, 0.6) is 0 Å². The van der Waals surface area contributed by atoms with Gasteiger partial charge in [0.15, 0.2) is 0 Å². The van der Waals surface area contributed by atoms with Crippen LogP contribution in [0.4, 0.5) is 11.4 Å². The van der Waals surface area contributed by atoms with Gasteiger partial charge in [-0.25, -0.2) is 13.1 Å². The highest BCUT2D eigenvalue weighted by atomic mass is 32.2. The summed E-state index contributed by atoms with van der Waals surface area (Å²) in [5.74, 6) is -0.0369. The van der Waals surface area contributed by atoms with Gasteiger partial charge in [-0.2, -0.15) is 5.10 Å². The number of aromatic nitrogens is 2.